The number of nitrogens with zero attached hydrogens (tertiary/aromatic N) is 1. The van der Waals surface area contributed by atoms with Gasteiger partial charge >= 0.3 is 0 Å². The zero-order valence-corrected chi connectivity index (χ0v) is 17.8. The maximum atomic E-state index is 13.3. The molecule has 1 heterocycles. The first-order valence-corrected chi connectivity index (χ1v) is 10.4. The van der Waals surface area contributed by atoms with Gasteiger partial charge in [-0.1, -0.05) is 13.8 Å². The van der Waals surface area contributed by atoms with Gasteiger partial charge < -0.3 is 15.0 Å². The highest BCUT2D eigenvalue weighted by molar-refractivity contribution is 5.87. The third-order valence-corrected chi connectivity index (χ3v) is 5.33. The molecule has 2 unspecified atom stereocenters. The Labute approximate surface area is 170 Å². The van der Waals surface area contributed by atoms with Crippen LogP contribution >= 0.6 is 0 Å². The number of carbonyl (C=O) groups is 2. The molecule has 29 heavy (non-hydrogen) atoms. The number of hydrogen-bond donors (Lipinski definition) is 1. The van der Waals surface area contributed by atoms with Crippen molar-refractivity contribution in [2.45, 2.75) is 90.2 Å². The molecule has 0 aromatic heterocycles. The molecule has 2 atom stereocenters. The molecular formula is C20H34F4N2O3. The maximum Gasteiger partial charge on any atom is 0.251 e. The van der Waals surface area contributed by atoms with E-state index >= 15 is 0 Å². The van der Waals surface area contributed by atoms with E-state index in [0.717, 1.165) is 0 Å². The molecule has 9 heteroatoms. The predicted octanol–water partition coefficient (Wildman–Crippen LogP) is 4.01. The highest BCUT2D eigenvalue weighted by Gasteiger charge is 2.39. The molecule has 1 saturated heterocycles. The summed E-state index contributed by atoms with van der Waals surface area (Å²) in [4.78, 5) is 25.5. The van der Waals surface area contributed by atoms with Crippen molar-refractivity contribution < 1.29 is 31.9 Å². The van der Waals surface area contributed by atoms with Gasteiger partial charge in [-0.15, -0.1) is 0 Å². The Balaban J connectivity index is 0.00000204. The quantitative estimate of drug-likeness (QED) is 0.653. The first kappa shape index (κ1) is 25.7. The van der Waals surface area contributed by atoms with Crippen molar-refractivity contribution in [1.29, 1.82) is 0 Å². The molecule has 2 rings (SSSR count). The fourth-order valence-corrected chi connectivity index (χ4v) is 3.50. The van der Waals surface area contributed by atoms with E-state index in [1.807, 2.05) is 13.8 Å². The van der Waals surface area contributed by atoms with E-state index in [1.165, 1.54) is 11.8 Å². The first-order valence-electron chi connectivity index (χ1n) is 10.4. The average molecular weight is 426 g/mol. The number of halogens is 4. The van der Waals surface area contributed by atoms with E-state index in [1.54, 1.807) is 6.92 Å². The number of ether oxygens (including phenoxy) is 1. The summed E-state index contributed by atoms with van der Waals surface area (Å²) in [5.74, 6) is -6.29. The minimum atomic E-state index is -2.77. The van der Waals surface area contributed by atoms with E-state index < -0.39 is 48.6 Å². The summed E-state index contributed by atoms with van der Waals surface area (Å²) >= 11 is 0. The number of hydrogen-bond acceptors (Lipinski definition) is 3. The van der Waals surface area contributed by atoms with Crippen LogP contribution in [-0.4, -0.2) is 60.4 Å². The third-order valence-electron chi connectivity index (χ3n) is 5.33. The van der Waals surface area contributed by atoms with Gasteiger partial charge in [-0.3, -0.25) is 9.59 Å². The van der Waals surface area contributed by atoms with Gasteiger partial charge in [0.2, 0.25) is 17.7 Å². The summed E-state index contributed by atoms with van der Waals surface area (Å²) in [6, 6.07) is -0.987. The normalized spacial score (nSPS) is 23.4. The molecule has 5 nitrogen and oxygen atoms in total. The van der Waals surface area contributed by atoms with Gasteiger partial charge in [-0.2, -0.15) is 0 Å². The molecule has 0 bridgehead atoms. The largest absolute Gasteiger partial charge is 0.376 e. The molecule has 1 saturated carbocycles. The minimum absolute atomic E-state index is 0.0196. The molecule has 2 amide bonds. The number of rotatable bonds is 6. The molecule has 0 aromatic rings. The lowest BCUT2D eigenvalue weighted by molar-refractivity contribution is -0.146. The van der Waals surface area contributed by atoms with Crippen molar-refractivity contribution in [2.24, 2.45) is 5.92 Å². The van der Waals surface area contributed by atoms with Gasteiger partial charge in [-0.05, 0) is 25.7 Å². The van der Waals surface area contributed by atoms with Crippen LogP contribution in [-0.2, 0) is 14.3 Å². The number of nitrogens with one attached hydrogen (secondary N) is 1. The average Bonchev–Trinajstić information content (AvgIpc) is 2.66. The number of alkyl halides is 4. The minimum Gasteiger partial charge on any atom is -0.376 e. The first-order chi connectivity index (χ1) is 13.5. The Hall–Kier alpha value is -1.38. The second-order valence-electron chi connectivity index (χ2n) is 7.70. The van der Waals surface area contributed by atoms with Crippen LogP contribution in [0.3, 0.4) is 0 Å². The second kappa shape index (κ2) is 11.1. The van der Waals surface area contributed by atoms with Crippen molar-refractivity contribution in [3.05, 3.63) is 0 Å². The topological polar surface area (TPSA) is 58.6 Å². The Bertz CT molecular complexity index is 526. The summed E-state index contributed by atoms with van der Waals surface area (Å²) in [6.45, 7) is 6.95. The summed E-state index contributed by atoms with van der Waals surface area (Å²) in [5, 5.41) is 2.54. The summed E-state index contributed by atoms with van der Waals surface area (Å²) < 4.78 is 58.8. The molecule has 0 radical (unpaired) electrons. The van der Waals surface area contributed by atoms with Crippen LogP contribution in [0, 0.1) is 5.92 Å². The molecule has 1 aliphatic heterocycles. The zero-order valence-electron chi connectivity index (χ0n) is 17.8. The van der Waals surface area contributed by atoms with E-state index in [0.29, 0.717) is 12.8 Å². The maximum absolute atomic E-state index is 13.3. The molecule has 1 aliphatic carbocycles. The second-order valence-corrected chi connectivity index (χ2v) is 7.70. The molecular weight excluding hydrogens is 392 g/mol. The number of piperidine rings is 1. The van der Waals surface area contributed by atoms with E-state index in [4.69, 9.17) is 4.74 Å². The van der Waals surface area contributed by atoms with E-state index in [9.17, 15) is 27.2 Å². The Kier molecular flexibility index (Phi) is 9.85. The van der Waals surface area contributed by atoms with Crippen LogP contribution in [0.5, 0.6) is 0 Å². The van der Waals surface area contributed by atoms with Gasteiger partial charge in [0.05, 0.1) is 6.10 Å². The SMILES string of the molecule is CC.CC(=O)NC(C(=O)N1CCC(F)(F)CC1)C(C)OCC1CCC(F)(F)CC1. The van der Waals surface area contributed by atoms with Gasteiger partial charge in [0, 0.05) is 52.3 Å². The lowest BCUT2D eigenvalue weighted by atomic mass is 9.87. The smallest absolute Gasteiger partial charge is 0.251 e. The van der Waals surface area contributed by atoms with Crippen LogP contribution in [0.15, 0.2) is 0 Å². The van der Waals surface area contributed by atoms with Gasteiger partial charge in [0.1, 0.15) is 6.04 Å². The Morgan fingerprint density at radius 1 is 1.03 bits per heavy atom. The molecule has 2 fully saturated rings. The fraction of sp³-hybridized carbons (Fsp3) is 0.900. The van der Waals surface area contributed by atoms with Crippen LogP contribution in [0.2, 0.25) is 0 Å². The van der Waals surface area contributed by atoms with Crippen molar-refractivity contribution in [3.8, 4) is 0 Å². The fourth-order valence-electron chi connectivity index (χ4n) is 3.50. The molecule has 1 N–H and O–H groups in total. The van der Waals surface area contributed by atoms with Crippen LogP contribution in [0.4, 0.5) is 17.6 Å². The zero-order chi connectivity index (χ0) is 22.2. The van der Waals surface area contributed by atoms with Gasteiger partial charge in [0.15, 0.2) is 0 Å². The molecule has 2 aliphatic rings. The van der Waals surface area contributed by atoms with E-state index in [-0.39, 0.29) is 38.5 Å². The highest BCUT2D eigenvalue weighted by Crippen LogP contribution is 2.36. The summed E-state index contributed by atoms with van der Waals surface area (Å²) in [5.41, 5.74) is 0. The predicted molar refractivity (Wildman–Crippen MR) is 102 cm³/mol. The summed E-state index contributed by atoms with van der Waals surface area (Å²) in [6.07, 6.45) is -1.16. The standard InChI is InChI=1S/C18H28F4N2O3.C2H6/c1-12(27-11-14-3-5-17(19,20)6-4-14)15(23-13(2)25)16(26)24-9-7-18(21,22)8-10-24;1-2/h12,14-15H,3-11H2,1-2H3,(H,23,25);1-2H3. The molecule has 0 spiro atoms. The van der Waals surface area contributed by atoms with Crippen LogP contribution in [0.25, 0.3) is 0 Å². The van der Waals surface area contributed by atoms with Crippen LogP contribution in [0.1, 0.15) is 66.2 Å². The molecule has 0 aromatic carbocycles. The number of likely N-dealkylation sites (tertiary alicyclic amines) is 1. The van der Waals surface area contributed by atoms with E-state index in [2.05, 4.69) is 5.32 Å². The Morgan fingerprint density at radius 3 is 2.00 bits per heavy atom. The van der Waals surface area contributed by atoms with Gasteiger partial charge in [-0.25, -0.2) is 17.6 Å². The van der Waals surface area contributed by atoms with Crippen LogP contribution < -0.4 is 5.32 Å². The van der Waals surface area contributed by atoms with Crippen molar-refractivity contribution >= 4 is 11.8 Å². The lowest BCUT2D eigenvalue weighted by Gasteiger charge is -2.36. The molecule has 170 valence electrons. The Morgan fingerprint density at radius 2 is 1.52 bits per heavy atom. The lowest BCUT2D eigenvalue weighted by Crippen LogP contribution is -2.56. The van der Waals surface area contributed by atoms with Crippen molar-refractivity contribution in [3.63, 3.8) is 0 Å². The van der Waals surface area contributed by atoms with Crippen molar-refractivity contribution in [1.82, 2.24) is 10.2 Å². The monoisotopic (exact) mass is 426 g/mol. The van der Waals surface area contributed by atoms with Crippen molar-refractivity contribution in [2.75, 3.05) is 19.7 Å². The number of carbonyl (C=O) groups excluding carboxylic acids is 2. The summed E-state index contributed by atoms with van der Waals surface area (Å²) in [7, 11) is 0. The third kappa shape index (κ3) is 8.48. The highest BCUT2D eigenvalue weighted by atomic mass is 19.3. The van der Waals surface area contributed by atoms with Gasteiger partial charge in [0.25, 0.3) is 5.92 Å². The number of amides is 2.